The number of piperazine rings is 1. The summed E-state index contributed by atoms with van der Waals surface area (Å²) >= 11 is 0. The van der Waals surface area contributed by atoms with Crippen LogP contribution in [0, 0.1) is 6.92 Å². The number of rotatable bonds is 6. The molecule has 5 nitrogen and oxygen atoms in total. The van der Waals surface area contributed by atoms with Crippen LogP contribution in [-0.2, 0) is 17.9 Å². The third kappa shape index (κ3) is 4.41. The number of carbonyl (C=O) groups excluding carboxylic acids is 1. The average molecular weight is 388 g/mol. The molecule has 1 amide bonds. The lowest BCUT2D eigenvalue weighted by Gasteiger charge is -2.35. The highest BCUT2D eigenvalue weighted by atomic mass is 19.3. The molecule has 2 heterocycles. The summed E-state index contributed by atoms with van der Waals surface area (Å²) in [5.41, 5.74) is 3.09. The normalized spacial score (nSPS) is 18.1. The first-order valence-electron chi connectivity index (χ1n) is 9.91. The zero-order valence-electron chi connectivity index (χ0n) is 16.2. The molecule has 0 bridgehead atoms. The zero-order chi connectivity index (χ0) is 19.7. The first-order chi connectivity index (χ1) is 13.5. The van der Waals surface area contributed by atoms with E-state index >= 15 is 0 Å². The molecule has 28 heavy (non-hydrogen) atoms. The topological polar surface area (TPSA) is 41.4 Å². The van der Waals surface area contributed by atoms with Gasteiger partial charge in [0.2, 0.25) is 5.91 Å². The van der Waals surface area contributed by atoms with Gasteiger partial charge in [-0.25, -0.2) is 8.78 Å². The summed E-state index contributed by atoms with van der Waals surface area (Å²) in [5, 5.41) is 3.99. The van der Waals surface area contributed by atoms with Crippen LogP contribution >= 0.6 is 0 Å². The number of aromatic nitrogens is 2. The van der Waals surface area contributed by atoms with E-state index in [-0.39, 0.29) is 24.1 Å². The molecule has 7 heteroatoms. The average Bonchev–Trinajstić information content (AvgIpc) is 3.42. The van der Waals surface area contributed by atoms with E-state index in [0.717, 1.165) is 38.2 Å². The van der Waals surface area contributed by atoms with Gasteiger partial charge in [-0.05, 0) is 31.4 Å². The van der Waals surface area contributed by atoms with E-state index in [9.17, 15) is 13.6 Å². The molecule has 1 aromatic carbocycles. The highest BCUT2D eigenvalue weighted by molar-refractivity contribution is 5.76. The Balaban J connectivity index is 1.33. The highest BCUT2D eigenvalue weighted by Gasteiger charge is 2.31. The molecule has 0 radical (unpaired) electrons. The molecule has 0 atom stereocenters. The van der Waals surface area contributed by atoms with Gasteiger partial charge in [0, 0.05) is 44.3 Å². The first-order valence-corrected chi connectivity index (χ1v) is 9.91. The zero-order valence-corrected chi connectivity index (χ0v) is 16.2. The number of halogens is 2. The number of aryl methyl sites for hydroxylation is 1. The fourth-order valence-electron chi connectivity index (χ4n) is 3.85. The molecule has 0 unspecified atom stereocenters. The van der Waals surface area contributed by atoms with Crippen molar-refractivity contribution >= 4 is 5.91 Å². The van der Waals surface area contributed by atoms with Crippen LogP contribution in [0.1, 0.15) is 47.7 Å². The third-order valence-corrected chi connectivity index (χ3v) is 5.55. The van der Waals surface area contributed by atoms with Crippen LogP contribution in [0.15, 0.2) is 30.3 Å². The van der Waals surface area contributed by atoms with E-state index in [4.69, 9.17) is 0 Å². The minimum atomic E-state index is -2.60. The van der Waals surface area contributed by atoms with Crippen LogP contribution in [-0.4, -0.2) is 51.7 Å². The van der Waals surface area contributed by atoms with Crippen LogP contribution in [0.2, 0.25) is 0 Å². The smallest absolute Gasteiger partial charge is 0.282 e. The minimum Gasteiger partial charge on any atom is -0.339 e. The molecule has 0 N–H and O–H groups in total. The fourth-order valence-corrected chi connectivity index (χ4v) is 3.85. The van der Waals surface area contributed by atoms with Gasteiger partial charge in [-0.15, -0.1) is 0 Å². The van der Waals surface area contributed by atoms with Gasteiger partial charge in [-0.3, -0.25) is 14.4 Å². The molecule has 1 aromatic heterocycles. The van der Waals surface area contributed by atoms with E-state index < -0.39 is 6.43 Å². The number of carbonyl (C=O) groups is 1. The minimum absolute atomic E-state index is 0.0407. The van der Waals surface area contributed by atoms with Crippen molar-refractivity contribution in [3.8, 4) is 0 Å². The monoisotopic (exact) mass is 388 g/mol. The largest absolute Gasteiger partial charge is 0.339 e. The summed E-state index contributed by atoms with van der Waals surface area (Å²) in [4.78, 5) is 16.9. The van der Waals surface area contributed by atoms with Gasteiger partial charge >= 0.3 is 0 Å². The van der Waals surface area contributed by atoms with E-state index in [0.29, 0.717) is 13.1 Å². The molecule has 4 rings (SSSR count). The Morgan fingerprint density at radius 1 is 1.18 bits per heavy atom. The van der Waals surface area contributed by atoms with Crippen molar-refractivity contribution in [2.24, 2.45) is 0 Å². The Morgan fingerprint density at radius 2 is 1.93 bits per heavy atom. The molecule has 1 saturated heterocycles. The van der Waals surface area contributed by atoms with Crippen molar-refractivity contribution in [2.45, 2.75) is 45.2 Å². The summed E-state index contributed by atoms with van der Waals surface area (Å²) in [6.07, 6.45) is -0.626. The van der Waals surface area contributed by atoms with Crippen LogP contribution in [0.4, 0.5) is 8.78 Å². The maximum Gasteiger partial charge on any atom is 0.282 e. The van der Waals surface area contributed by atoms with Gasteiger partial charge < -0.3 is 4.90 Å². The summed E-state index contributed by atoms with van der Waals surface area (Å²) in [6, 6.07) is 9.94. The molecular weight excluding hydrogens is 362 g/mol. The van der Waals surface area contributed by atoms with Gasteiger partial charge in [0.1, 0.15) is 12.2 Å². The van der Waals surface area contributed by atoms with E-state index in [1.54, 1.807) is 0 Å². The van der Waals surface area contributed by atoms with Crippen molar-refractivity contribution in [3.63, 3.8) is 0 Å². The summed E-state index contributed by atoms with van der Waals surface area (Å²) < 4.78 is 27.5. The van der Waals surface area contributed by atoms with Crippen LogP contribution in [0.5, 0.6) is 0 Å². The maximum absolute atomic E-state index is 13.0. The lowest BCUT2D eigenvalue weighted by molar-refractivity contribution is -0.133. The number of benzene rings is 1. The Hall–Kier alpha value is -2.28. The van der Waals surface area contributed by atoms with Crippen molar-refractivity contribution in [2.75, 3.05) is 26.2 Å². The van der Waals surface area contributed by atoms with Crippen LogP contribution in [0.25, 0.3) is 0 Å². The van der Waals surface area contributed by atoms with E-state index in [2.05, 4.69) is 41.2 Å². The van der Waals surface area contributed by atoms with Gasteiger partial charge in [-0.2, -0.15) is 5.10 Å². The van der Waals surface area contributed by atoms with Crippen molar-refractivity contribution in [3.05, 3.63) is 52.8 Å². The molecule has 2 fully saturated rings. The summed E-state index contributed by atoms with van der Waals surface area (Å²) in [7, 11) is 0. The summed E-state index contributed by atoms with van der Waals surface area (Å²) in [6.45, 7) is 5.97. The lowest BCUT2D eigenvalue weighted by Crippen LogP contribution is -2.49. The first kappa shape index (κ1) is 19.1. The Labute approximate surface area is 163 Å². The number of amides is 1. The molecule has 1 aliphatic carbocycles. The Morgan fingerprint density at radius 3 is 2.57 bits per heavy atom. The third-order valence-electron chi connectivity index (χ3n) is 5.55. The van der Waals surface area contributed by atoms with Gasteiger partial charge in [0.15, 0.2) is 0 Å². The molecule has 1 saturated carbocycles. The van der Waals surface area contributed by atoms with Gasteiger partial charge in [-0.1, -0.05) is 29.8 Å². The second kappa shape index (κ2) is 7.99. The molecule has 0 spiro atoms. The molecular formula is C21H26F2N4O. The van der Waals surface area contributed by atoms with Crippen molar-refractivity contribution in [1.29, 1.82) is 0 Å². The Kier molecular flexibility index (Phi) is 5.44. The van der Waals surface area contributed by atoms with Crippen molar-refractivity contribution < 1.29 is 13.6 Å². The molecule has 2 aliphatic rings. The molecule has 2 aromatic rings. The number of hydrogen-bond donors (Lipinski definition) is 0. The second-order valence-electron chi connectivity index (χ2n) is 7.87. The predicted molar refractivity (Wildman–Crippen MR) is 102 cm³/mol. The Bertz CT molecular complexity index is 839. The number of nitrogens with zero attached hydrogens (tertiary/aromatic N) is 4. The van der Waals surface area contributed by atoms with Gasteiger partial charge in [0.25, 0.3) is 6.43 Å². The fraction of sp³-hybridized carbons (Fsp3) is 0.524. The highest BCUT2D eigenvalue weighted by Crippen LogP contribution is 2.41. The second-order valence-corrected chi connectivity index (χ2v) is 7.87. The van der Waals surface area contributed by atoms with Gasteiger partial charge in [0.05, 0.1) is 0 Å². The lowest BCUT2D eigenvalue weighted by atomic mass is 10.1. The standard InChI is InChI=1S/C21H26F2N4O/c1-15-3-2-4-16(11-15)13-25-7-9-26(10-8-25)20(28)14-27-19(17-5-6-17)12-18(24-27)21(22)23/h2-4,11-12,17,21H,5-10,13-14H2,1H3. The quantitative estimate of drug-likeness (QED) is 0.762. The molecule has 1 aliphatic heterocycles. The van der Waals surface area contributed by atoms with Crippen LogP contribution < -0.4 is 0 Å². The molecule has 150 valence electrons. The SMILES string of the molecule is Cc1cccc(CN2CCN(C(=O)Cn3nc(C(F)F)cc3C3CC3)CC2)c1. The van der Waals surface area contributed by atoms with Crippen molar-refractivity contribution in [1.82, 2.24) is 19.6 Å². The maximum atomic E-state index is 13.0. The predicted octanol–water partition coefficient (Wildman–Crippen LogP) is 3.35. The van der Waals surface area contributed by atoms with E-state index in [1.807, 2.05) is 4.90 Å². The number of alkyl halides is 2. The summed E-state index contributed by atoms with van der Waals surface area (Å²) in [5.74, 6) is 0.236. The van der Waals surface area contributed by atoms with Crippen LogP contribution in [0.3, 0.4) is 0 Å². The van der Waals surface area contributed by atoms with E-state index in [1.165, 1.54) is 21.9 Å². The number of hydrogen-bond acceptors (Lipinski definition) is 3.